The number of pyridine rings is 1. The molecule has 0 atom stereocenters. The Morgan fingerprint density at radius 1 is 1.47 bits per heavy atom. The minimum atomic E-state index is -4.16. The number of ether oxygens (including phenoxy) is 1. The zero-order valence-corrected chi connectivity index (χ0v) is 9.30. The van der Waals surface area contributed by atoms with Crippen LogP contribution in [0, 0.1) is 0 Å². The second-order valence-corrected chi connectivity index (χ2v) is 5.00. The summed E-state index contributed by atoms with van der Waals surface area (Å²) in [7, 11) is 0.585. The molecule has 1 aromatic heterocycles. The quantitative estimate of drug-likeness (QED) is 0.819. The van der Waals surface area contributed by atoms with Gasteiger partial charge in [-0.05, 0) is 0 Å². The normalized spacial score (nSPS) is 10.8. The Kier molecular flexibility index (Phi) is 3.72. The lowest BCUT2D eigenvalue weighted by Crippen LogP contribution is -2.29. The summed E-state index contributed by atoms with van der Waals surface area (Å²) in [5.74, 6) is 0.000293. The molecule has 0 aliphatic heterocycles. The summed E-state index contributed by atoms with van der Waals surface area (Å²) in [6, 6.07) is 1.29. The molecule has 0 aliphatic rings. The minimum Gasteiger partial charge on any atom is -0.408 e. The van der Waals surface area contributed by atoms with E-state index in [9.17, 15) is 13.2 Å². The lowest BCUT2D eigenvalue weighted by atomic mass is 10.5. The van der Waals surface area contributed by atoms with Crippen LogP contribution in [-0.2, 0) is 9.24 Å². The monoisotopic (exact) mass is 270 g/mol. The van der Waals surface area contributed by atoms with Gasteiger partial charge in [-0.2, -0.15) is 8.42 Å². The summed E-state index contributed by atoms with van der Waals surface area (Å²) in [5, 5.41) is 0.244. The third kappa shape index (κ3) is 4.82. The van der Waals surface area contributed by atoms with E-state index in [4.69, 9.17) is 22.3 Å². The third-order valence-electron chi connectivity index (χ3n) is 1.10. The van der Waals surface area contributed by atoms with Gasteiger partial charge in [0.2, 0.25) is 0 Å². The number of rotatable bonds is 2. The van der Waals surface area contributed by atoms with Crippen LogP contribution in [0.2, 0.25) is 5.02 Å². The number of carbonyl (C=O) groups excluding carboxylic acids is 1. The third-order valence-corrected chi connectivity index (χ3v) is 1.94. The number of aromatic nitrogens is 1. The highest BCUT2D eigenvalue weighted by Crippen LogP contribution is 2.15. The molecule has 0 saturated heterocycles. The smallest absolute Gasteiger partial charge is 0.408 e. The van der Waals surface area contributed by atoms with Gasteiger partial charge in [-0.3, -0.25) is 4.98 Å². The van der Waals surface area contributed by atoms with Gasteiger partial charge in [0.25, 0.3) is 0 Å². The van der Waals surface area contributed by atoms with E-state index in [1.807, 2.05) is 0 Å². The van der Waals surface area contributed by atoms with Crippen LogP contribution in [0.5, 0.6) is 5.75 Å². The number of hydrogen-bond donors (Lipinski definition) is 1. The predicted molar refractivity (Wildman–Crippen MR) is 53.2 cm³/mol. The Morgan fingerprint density at radius 2 is 2.13 bits per heavy atom. The fraction of sp³-hybridized carbons (Fsp3) is 0. The predicted octanol–water partition coefficient (Wildman–Crippen LogP) is 1.31. The van der Waals surface area contributed by atoms with Gasteiger partial charge in [-0.1, -0.05) is 11.6 Å². The van der Waals surface area contributed by atoms with Gasteiger partial charge < -0.3 is 4.74 Å². The summed E-state index contributed by atoms with van der Waals surface area (Å²) in [6.45, 7) is 0. The van der Waals surface area contributed by atoms with E-state index < -0.39 is 15.3 Å². The van der Waals surface area contributed by atoms with Gasteiger partial charge in [0.15, 0.2) is 5.75 Å². The van der Waals surface area contributed by atoms with Crippen molar-refractivity contribution in [2.75, 3.05) is 0 Å². The van der Waals surface area contributed by atoms with Crippen LogP contribution in [0.15, 0.2) is 18.5 Å². The zero-order chi connectivity index (χ0) is 11.5. The van der Waals surface area contributed by atoms with Gasteiger partial charge in [-0.25, -0.2) is 9.52 Å². The molecule has 82 valence electrons. The van der Waals surface area contributed by atoms with E-state index in [1.54, 1.807) is 0 Å². The molecule has 1 aromatic rings. The lowest BCUT2D eigenvalue weighted by Gasteiger charge is -2.03. The number of nitrogens with one attached hydrogen (secondary N) is 1. The number of carbonyl (C=O) groups is 1. The summed E-state index contributed by atoms with van der Waals surface area (Å²) in [6.07, 6.45) is 1.27. The molecule has 0 saturated carbocycles. The van der Waals surface area contributed by atoms with Crippen LogP contribution >= 0.6 is 22.3 Å². The van der Waals surface area contributed by atoms with E-state index in [0.717, 1.165) is 0 Å². The summed E-state index contributed by atoms with van der Waals surface area (Å²) in [5.41, 5.74) is 0. The summed E-state index contributed by atoms with van der Waals surface area (Å²) < 4.78 is 26.7. The molecule has 1 N–H and O–H groups in total. The Morgan fingerprint density at radius 3 is 2.67 bits per heavy atom. The average Bonchev–Trinajstić information content (AvgIpc) is 1.99. The van der Waals surface area contributed by atoms with Crippen LogP contribution < -0.4 is 9.46 Å². The maximum Gasteiger partial charge on any atom is 0.427 e. The maximum atomic E-state index is 10.9. The van der Waals surface area contributed by atoms with Gasteiger partial charge >= 0.3 is 15.3 Å². The molecule has 1 amide bonds. The van der Waals surface area contributed by atoms with Crippen molar-refractivity contribution >= 4 is 37.6 Å². The van der Waals surface area contributed by atoms with Crippen LogP contribution in [0.3, 0.4) is 0 Å². The molecule has 0 aliphatic carbocycles. The van der Waals surface area contributed by atoms with Gasteiger partial charge in [0.05, 0.1) is 11.2 Å². The molecule has 9 heteroatoms. The fourth-order valence-corrected chi connectivity index (χ4v) is 1.27. The zero-order valence-electron chi connectivity index (χ0n) is 6.98. The maximum absolute atomic E-state index is 10.9. The van der Waals surface area contributed by atoms with Crippen molar-refractivity contribution in [3.8, 4) is 5.75 Å². The van der Waals surface area contributed by atoms with Crippen LogP contribution in [0.1, 0.15) is 0 Å². The van der Waals surface area contributed by atoms with Crippen molar-refractivity contribution < 1.29 is 17.9 Å². The summed E-state index contributed by atoms with van der Waals surface area (Å²) in [4.78, 5) is 14.5. The second kappa shape index (κ2) is 4.65. The molecule has 1 heterocycles. The molecule has 15 heavy (non-hydrogen) atoms. The number of amides is 1. The van der Waals surface area contributed by atoms with Crippen molar-refractivity contribution in [3.63, 3.8) is 0 Å². The number of hydrogen-bond acceptors (Lipinski definition) is 5. The van der Waals surface area contributed by atoms with E-state index >= 15 is 0 Å². The first-order chi connectivity index (χ1) is 6.87. The van der Waals surface area contributed by atoms with Crippen molar-refractivity contribution in [1.29, 1.82) is 0 Å². The van der Waals surface area contributed by atoms with Gasteiger partial charge in [0, 0.05) is 22.9 Å². The topological polar surface area (TPSA) is 85.4 Å². The molecule has 0 fully saturated rings. The van der Waals surface area contributed by atoms with Crippen molar-refractivity contribution in [1.82, 2.24) is 9.71 Å². The molecule has 0 aromatic carbocycles. The molecule has 1 rings (SSSR count). The van der Waals surface area contributed by atoms with E-state index in [-0.39, 0.29) is 10.8 Å². The number of halogens is 2. The van der Waals surface area contributed by atoms with Crippen LogP contribution in [0.25, 0.3) is 0 Å². The van der Waals surface area contributed by atoms with Crippen LogP contribution in [0.4, 0.5) is 4.79 Å². The molecule has 0 unspecified atom stereocenters. The van der Waals surface area contributed by atoms with Crippen LogP contribution in [-0.4, -0.2) is 19.5 Å². The molecular weight excluding hydrogens is 267 g/mol. The Bertz CT molecular complexity index is 476. The number of nitrogens with zero attached hydrogens (tertiary/aromatic N) is 1. The van der Waals surface area contributed by atoms with E-state index in [0.29, 0.717) is 0 Å². The lowest BCUT2D eigenvalue weighted by molar-refractivity contribution is 0.207. The second-order valence-electron chi connectivity index (χ2n) is 2.27. The molecule has 0 spiro atoms. The first-order valence-corrected chi connectivity index (χ1v) is 6.10. The van der Waals surface area contributed by atoms with E-state index in [2.05, 4.69) is 9.72 Å². The van der Waals surface area contributed by atoms with Crippen molar-refractivity contribution in [3.05, 3.63) is 23.5 Å². The van der Waals surface area contributed by atoms with E-state index in [1.165, 1.54) is 23.2 Å². The molecular formula is C6H4Cl2N2O4S. The van der Waals surface area contributed by atoms with Gasteiger partial charge in [0.1, 0.15) is 0 Å². The molecule has 6 nitrogen and oxygen atoms in total. The SMILES string of the molecule is O=C(NS(=O)(=O)Cl)Oc1cncc(Cl)c1. The Labute approximate surface area is 94.7 Å². The van der Waals surface area contributed by atoms with Gasteiger partial charge in [-0.15, -0.1) is 0 Å². The highest BCUT2D eigenvalue weighted by molar-refractivity contribution is 8.12. The average molecular weight is 271 g/mol. The largest absolute Gasteiger partial charge is 0.427 e. The summed E-state index contributed by atoms with van der Waals surface area (Å²) >= 11 is 5.54. The highest BCUT2D eigenvalue weighted by Gasteiger charge is 2.12. The first kappa shape index (κ1) is 12.0. The minimum absolute atomic E-state index is 0.000293. The first-order valence-electron chi connectivity index (χ1n) is 3.41. The van der Waals surface area contributed by atoms with Crippen molar-refractivity contribution in [2.24, 2.45) is 0 Å². The van der Waals surface area contributed by atoms with Crippen molar-refractivity contribution in [2.45, 2.75) is 0 Å². The fourth-order valence-electron chi connectivity index (χ4n) is 0.676. The Balaban J connectivity index is 2.67. The standard InChI is InChI=1S/C6H4Cl2N2O4S/c7-4-1-5(3-9-2-4)14-6(11)10-15(8,12)13/h1-3H,(H,10,11). The Hall–Kier alpha value is -1.05. The molecule has 0 radical (unpaired) electrons. The molecule has 0 bridgehead atoms. The highest BCUT2D eigenvalue weighted by atomic mass is 35.7.